The average Bonchev–Trinajstić information content (AvgIpc) is 2.00. The first-order valence-electron chi connectivity index (χ1n) is 2.73. The van der Waals surface area contributed by atoms with Gasteiger partial charge in [0.25, 0.3) is 0 Å². The van der Waals surface area contributed by atoms with E-state index < -0.39 is 24.7 Å². The van der Waals surface area contributed by atoms with Gasteiger partial charge in [0.15, 0.2) is 0 Å². The van der Waals surface area contributed by atoms with Gasteiger partial charge in [0, 0.05) is 0 Å². The van der Waals surface area contributed by atoms with E-state index in [0.717, 1.165) is 0 Å². The molecule has 9 heteroatoms. The molecule has 1 aliphatic rings. The van der Waals surface area contributed by atoms with Crippen LogP contribution in [0.3, 0.4) is 0 Å². The summed E-state index contributed by atoms with van der Waals surface area (Å²) in [6, 6.07) is 0. The van der Waals surface area contributed by atoms with Gasteiger partial charge in [-0.05, 0) is 0 Å². The second-order valence-corrected chi connectivity index (χ2v) is 2.12. The maximum Gasteiger partial charge on any atom is 0.458 e. The van der Waals surface area contributed by atoms with Crippen LogP contribution in [0.5, 0.6) is 0 Å². The van der Waals surface area contributed by atoms with Gasteiger partial charge in [-0.15, -0.1) is 0 Å². The van der Waals surface area contributed by atoms with Crippen LogP contribution in [0.2, 0.25) is 0 Å². The molecule has 0 aromatic heterocycles. The fourth-order valence-corrected chi connectivity index (χ4v) is 0.644. The first-order chi connectivity index (χ1) is 5.60. The average molecular weight is 214 g/mol. The summed E-state index contributed by atoms with van der Waals surface area (Å²) in [7, 11) is 0. The van der Waals surface area contributed by atoms with Crippen LogP contribution in [0.4, 0.5) is 30.7 Å². The Morgan fingerprint density at radius 3 is 1.62 bits per heavy atom. The predicted molar refractivity (Wildman–Crippen MR) is 21.9 cm³/mol. The van der Waals surface area contributed by atoms with E-state index >= 15 is 0 Å². The number of rotatable bonds is 0. The first kappa shape index (κ1) is 10.5. The third-order valence-electron chi connectivity index (χ3n) is 1.23. The summed E-state index contributed by atoms with van der Waals surface area (Å²) < 4.78 is 88.4. The Morgan fingerprint density at radius 2 is 1.46 bits per heavy atom. The predicted octanol–water partition coefficient (Wildman–Crippen LogP) is 2.11. The van der Waals surface area contributed by atoms with E-state index in [9.17, 15) is 30.7 Å². The maximum atomic E-state index is 12.4. The Bertz CT molecular complexity index is 213. The van der Waals surface area contributed by atoms with E-state index in [0.29, 0.717) is 0 Å². The Morgan fingerprint density at radius 1 is 1.00 bits per heavy atom. The summed E-state index contributed by atoms with van der Waals surface area (Å²) in [5, 5.41) is 0. The molecule has 0 unspecified atom stereocenters. The molecule has 0 aliphatic carbocycles. The smallest absolute Gasteiger partial charge is 0.274 e. The highest BCUT2D eigenvalue weighted by atomic mass is 19.4. The summed E-state index contributed by atoms with van der Waals surface area (Å²) >= 11 is 0. The summed E-state index contributed by atoms with van der Waals surface area (Å²) in [5.41, 5.74) is 0. The largest absolute Gasteiger partial charge is 0.458 e. The molecular weight excluding hydrogens is 213 g/mol. The molecular formula is C4HF7O2. The molecule has 78 valence electrons. The SMILES string of the molecule is F[C@H]1OC(F)(F)[C@](F)(C(F)(F)F)O1. The standard InChI is InChI=1S/C4HF7O2/c5-1-12-2(6,3(7,8)9)4(10,11)13-1/h1H/t1-,2+/m1/s1. The second-order valence-electron chi connectivity index (χ2n) is 2.12. The van der Waals surface area contributed by atoms with Crippen molar-refractivity contribution in [3.63, 3.8) is 0 Å². The van der Waals surface area contributed by atoms with Crippen molar-refractivity contribution in [3.05, 3.63) is 0 Å². The van der Waals surface area contributed by atoms with Gasteiger partial charge in [0.2, 0.25) is 0 Å². The van der Waals surface area contributed by atoms with Crippen LogP contribution in [0.25, 0.3) is 0 Å². The van der Waals surface area contributed by atoms with Gasteiger partial charge in [-0.25, -0.2) is 0 Å². The lowest BCUT2D eigenvalue weighted by atomic mass is 10.3. The molecule has 0 N–H and O–H groups in total. The van der Waals surface area contributed by atoms with Crippen molar-refractivity contribution in [2.24, 2.45) is 0 Å². The summed E-state index contributed by atoms with van der Waals surface area (Å²) in [4.78, 5) is 0. The van der Waals surface area contributed by atoms with E-state index in [1.54, 1.807) is 0 Å². The highest BCUT2D eigenvalue weighted by Crippen LogP contribution is 2.52. The van der Waals surface area contributed by atoms with Gasteiger partial charge < -0.3 is 0 Å². The summed E-state index contributed by atoms with van der Waals surface area (Å²) in [6.07, 6.45) is -11.5. The zero-order chi connectivity index (χ0) is 10.5. The van der Waals surface area contributed by atoms with E-state index in [1.807, 2.05) is 0 Å². The quantitative estimate of drug-likeness (QED) is 0.575. The highest BCUT2D eigenvalue weighted by molar-refractivity contribution is 4.89. The molecule has 1 fully saturated rings. The van der Waals surface area contributed by atoms with Gasteiger partial charge >= 0.3 is 24.7 Å². The Labute approximate surface area is 66.2 Å². The van der Waals surface area contributed by atoms with Gasteiger partial charge in [-0.3, -0.25) is 9.47 Å². The van der Waals surface area contributed by atoms with Crippen LogP contribution >= 0.6 is 0 Å². The molecule has 1 aliphatic heterocycles. The lowest BCUT2D eigenvalue weighted by molar-refractivity contribution is -0.394. The van der Waals surface area contributed by atoms with Crippen molar-refractivity contribution < 1.29 is 40.2 Å². The fourth-order valence-electron chi connectivity index (χ4n) is 0.644. The third kappa shape index (κ3) is 1.35. The monoisotopic (exact) mass is 214 g/mol. The molecule has 0 aromatic rings. The summed E-state index contributed by atoms with van der Waals surface area (Å²) in [5.74, 6) is -5.43. The molecule has 1 heterocycles. The molecule has 2 atom stereocenters. The highest BCUT2D eigenvalue weighted by Gasteiger charge is 2.80. The molecule has 0 aromatic carbocycles. The zero-order valence-corrected chi connectivity index (χ0v) is 5.54. The zero-order valence-electron chi connectivity index (χ0n) is 5.54. The van der Waals surface area contributed by atoms with E-state index in [-0.39, 0.29) is 0 Å². The Balaban J connectivity index is 3.03. The van der Waals surface area contributed by atoms with Crippen LogP contribution in [0, 0.1) is 0 Å². The molecule has 0 spiro atoms. The molecule has 0 saturated carbocycles. The van der Waals surface area contributed by atoms with E-state index in [1.165, 1.54) is 0 Å². The minimum absolute atomic E-state index is 2.67. The molecule has 0 amide bonds. The van der Waals surface area contributed by atoms with Gasteiger partial charge in [0.05, 0.1) is 0 Å². The topological polar surface area (TPSA) is 18.5 Å². The maximum absolute atomic E-state index is 12.4. The Kier molecular flexibility index (Phi) is 2.00. The van der Waals surface area contributed by atoms with Crippen LogP contribution in [0.15, 0.2) is 0 Å². The first-order valence-corrected chi connectivity index (χ1v) is 2.73. The lowest BCUT2D eigenvalue weighted by Gasteiger charge is -2.24. The lowest BCUT2D eigenvalue weighted by Crippen LogP contribution is -2.53. The summed E-state index contributed by atoms with van der Waals surface area (Å²) in [6.45, 7) is -3.44. The van der Waals surface area contributed by atoms with Crippen LogP contribution in [-0.4, -0.2) is 24.7 Å². The molecule has 0 bridgehead atoms. The fraction of sp³-hybridized carbons (Fsp3) is 1.00. The molecule has 2 nitrogen and oxygen atoms in total. The second kappa shape index (κ2) is 2.47. The van der Waals surface area contributed by atoms with Gasteiger partial charge in [-0.1, -0.05) is 0 Å². The molecule has 0 radical (unpaired) electrons. The van der Waals surface area contributed by atoms with Crippen molar-refractivity contribution in [2.45, 2.75) is 24.7 Å². The van der Waals surface area contributed by atoms with Crippen molar-refractivity contribution in [1.82, 2.24) is 0 Å². The molecule has 1 rings (SSSR count). The normalized spacial score (nSPS) is 39.5. The van der Waals surface area contributed by atoms with E-state index in [2.05, 4.69) is 9.47 Å². The van der Waals surface area contributed by atoms with Crippen LogP contribution in [0.1, 0.15) is 0 Å². The van der Waals surface area contributed by atoms with Crippen LogP contribution in [-0.2, 0) is 9.47 Å². The minimum Gasteiger partial charge on any atom is -0.274 e. The van der Waals surface area contributed by atoms with Crippen molar-refractivity contribution in [1.29, 1.82) is 0 Å². The van der Waals surface area contributed by atoms with Gasteiger partial charge in [-0.2, -0.15) is 30.7 Å². The number of ether oxygens (including phenoxy) is 2. The van der Waals surface area contributed by atoms with Crippen molar-refractivity contribution in [3.8, 4) is 0 Å². The third-order valence-corrected chi connectivity index (χ3v) is 1.23. The van der Waals surface area contributed by atoms with Gasteiger partial charge in [0.1, 0.15) is 0 Å². The van der Waals surface area contributed by atoms with Crippen molar-refractivity contribution >= 4 is 0 Å². The number of alkyl halides is 7. The van der Waals surface area contributed by atoms with Crippen molar-refractivity contribution in [2.75, 3.05) is 0 Å². The minimum atomic E-state index is -6.07. The Hall–Kier alpha value is -0.570. The number of hydrogen-bond acceptors (Lipinski definition) is 2. The molecule has 13 heavy (non-hydrogen) atoms. The van der Waals surface area contributed by atoms with Crippen LogP contribution < -0.4 is 0 Å². The number of halogens is 7. The molecule has 1 saturated heterocycles. The number of hydrogen-bond donors (Lipinski definition) is 0. The van der Waals surface area contributed by atoms with E-state index in [4.69, 9.17) is 0 Å².